The number of rotatable bonds is 6. The number of hydrogen-bond acceptors (Lipinski definition) is 6. The third-order valence-corrected chi connectivity index (χ3v) is 11.0. The number of imide groups is 2. The Balaban J connectivity index is 1.30. The zero-order valence-electron chi connectivity index (χ0n) is 26.8. The highest BCUT2D eigenvalue weighted by Gasteiger charge is 2.70. The molecule has 2 aliphatic heterocycles. The van der Waals surface area contributed by atoms with E-state index in [-0.39, 0.29) is 36.8 Å². The fraction of sp³-hybridized carbons (Fsp3) is 0.250. The molecule has 2 heterocycles. The van der Waals surface area contributed by atoms with Crippen LogP contribution < -0.4 is 5.43 Å². The Hall–Kier alpha value is -5.57. The Morgan fingerprint density at radius 1 is 0.816 bits per heavy atom. The molecular formula is C40H34FN3O5. The average molecular weight is 656 g/mol. The summed E-state index contributed by atoms with van der Waals surface area (Å²) < 4.78 is 15.2. The molecule has 2 aliphatic carbocycles. The van der Waals surface area contributed by atoms with Gasteiger partial charge in [-0.15, -0.1) is 0 Å². The molecule has 49 heavy (non-hydrogen) atoms. The predicted octanol–water partition coefficient (Wildman–Crippen LogP) is 6.02. The molecule has 0 unspecified atom stereocenters. The minimum absolute atomic E-state index is 0.114. The van der Waals surface area contributed by atoms with Crippen molar-refractivity contribution in [3.63, 3.8) is 0 Å². The lowest BCUT2D eigenvalue weighted by atomic mass is 9.49. The predicted molar refractivity (Wildman–Crippen MR) is 179 cm³/mol. The molecule has 0 radical (unpaired) electrons. The molecule has 246 valence electrons. The first kappa shape index (κ1) is 30.7. The minimum Gasteiger partial charge on any atom is -0.505 e. The molecule has 0 spiro atoms. The van der Waals surface area contributed by atoms with Crippen LogP contribution in [0.5, 0.6) is 5.75 Å². The number of nitrogens with zero attached hydrogens (tertiary/aromatic N) is 2. The molecule has 8 nitrogen and oxygen atoms in total. The highest BCUT2D eigenvalue weighted by atomic mass is 19.1. The number of allylic oxidation sites excluding steroid dienone is 2. The number of hydrogen-bond donors (Lipinski definition) is 2. The molecule has 2 N–H and O–H groups in total. The van der Waals surface area contributed by atoms with Gasteiger partial charge in [-0.1, -0.05) is 102 Å². The van der Waals surface area contributed by atoms with Crippen molar-refractivity contribution in [3.8, 4) is 5.75 Å². The standard InChI is InChI=1S/C40H34FN3O5/c1-23-15-17-26(18-16-23)42-44-37(47)31-21-30-27(19-20-28-33(30)38(48)43(36(28)46)22-24-9-4-2-5-10-24)34(29-13-8-14-32(41)35(29)45)40(31,39(44)49)25-11-6-3-7-12-25/h2-19,28,30-31,33-34,42,45H,20-22H2,1H3/t28-,30+,31-,33-,34+,40+/m0/s1. The molecule has 8 rings (SSSR count). The summed E-state index contributed by atoms with van der Waals surface area (Å²) in [6, 6.07) is 29.7. The zero-order chi connectivity index (χ0) is 34.0. The van der Waals surface area contributed by atoms with Crippen LogP contribution in [0.15, 0.2) is 115 Å². The van der Waals surface area contributed by atoms with Crippen molar-refractivity contribution in [1.29, 1.82) is 0 Å². The smallest absolute Gasteiger partial charge is 0.260 e. The van der Waals surface area contributed by atoms with Gasteiger partial charge in [-0.05, 0) is 55.0 Å². The maximum atomic E-state index is 15.2. The van der Waals surface area contributed by atoms with E-state index in [1.54, 1.807) is 42.5 Å². The molecule has 0 bridgehead atoms. The van der Waals surface area contributed by atoms with Gasteiger partial charge in [0.15, 0.2) is 11.6 Å². The molecular weight excluding hydrogens is 621 g/mol. The van der Waals surface area contributed by atoms with Crippen LogP contribution in [0, 0.1) is 36.4 Å². The van der Waals surface area contributed by atoms with Crippen LogP contribution in [0.2, 0.25) is 0 Å². The van der Waals surface area contributed by atoms with E-state index < -0.39 is 58.4 Å². The van der Waals surface area contributed by atoms with Gasteiger partial charge >= 0.3 is 0 Å². The number of carbonyl (C=O) groups excluding carboxylic acids is 4. The van der Waals surface area contributed by atoms with Crippen LogP contribution in [0.3, 0.4) is 0 Å². The molecule has 6 atom stereocenters. The summed E-state index contributed by atoms with van der Waals surface area (Å²) in [5.41, 5.74) is 5.16. The number of phenolic OH excluding ortho intramolecular Hbond substituents is 1. The van der Waals surface area contributed by atoms with Gasteiger partial charge in [0.05, 0.1) is 35.4 Å². The van der Waals surface area contributed by atoms with E-state index in [2.05, 4.69) is 5.43 Å². The SMILES string of the molecule is Cc1ccc(NN2C(=O)[C@@H]3C[C@@H]4C(=CC[C@@H]5C(=O)N(Cc6ccccc6)C(=O)[C@@H]54)[C@H](c4cccc(F)c4O)[C@]3(c3ccccc3)C2=O)cc1. The quantitative estimate of drug-likeness (QED) is 0.194. The van der Waals surface area contributed by atoms with E-state index in [0.29, 0.717) is 16.8 Å². The second kappa shape index (κ2) is 11.5. The summed E-state index contributed by atoms with van der Waals surface area (Å²) >= 11 is 0. The minimum atomic E-state index is -1.59. The van der Waals surface area contributed by atoms with Crippen LogP contribution >= 0.6 is 0 Å². The second-order valence-electron chi connectivity index (χ2n) is 13.5. The van der Waals surface area contributed by atoms with Gasteiger partial charge in [-0.25, -0.2) is 4.39 Å². The van der Waals surface area contributed by atoms with Gasteiger partial charge in [0.25, 0.3) is 11.8 Å². The number of halogens is 1. The number of para-hydroxylation sites is 1. The number of aromatic hydroxyl groups is 1. The normalized spacial score (nSPS) is 27.5. The molecule has 9 heteroatoms. The molecule has 4 aromatic carbocycles. The third-order valence-electron chi connectivity index (χ3n) is 11.0. The van der Waals surface area contributed by atoms with Gasteiger partial charge in [0.1, 0.15) is 0 Å². The highest BCUT2D eigenvalue weighted by Crippen LogP contribution is 2.65. The Morgan fingerprint density at radius 2 is 1.51 bits per heavy atom. The average Bonchev–Trinajstić information content (AvgIpc) is 3.48. The van der Waals surface area contributed by atoms with E-state index in [1.165, 1.54) is 11.0 Å². The topological polar surface area (TPSA) is 107 Å². The van der Waals surface area contributed by atoms with Crippen molar-refractivity contribution in [3.05, 3.63) is 143 Å². The largest absolute Gasteiger partial charge is 0.505 e. The van der Waals surface area contributed by atoms with E-state index in [1.807, 2.05) is 61.5 Å². The van der Waals surface area contributed by atoms with Crippen molar-refractivity contribution in [2.24, 2.45) is 23.7 Å². The van der Waals surface area contributed by atoms with Gasteiger partial charge in [0.2, 0.25) is 11.8 Å². The van der Waals surface area contributed by atoms with E-state index in [9.17, 15) is 19.5 Å². The summed E-state index contributed by atoms with van der Waals surface area (Å²) in [5.74, 6) is -7.13. The second-order valence-corrected chi connectivity index (χ2v) is 13.5. The maximum Gasteiger partial charge on any atom is 0.260 e. The van der Waals surface area contributed by atoms with Gasteiger partial charge in [-0.2, -0.15) is 5.01 Å². The number of phenols is 1. The fourth-order valence-corrected chi connectivity index (χ4v) is 8.84. The van der Waals surface area contributed by atoms with Crippen LogP contribution in [-0.2, 0) is 31.1 Å². The van der Waals surface area contributed by atoms with Gasteiger partial charge in [-0.3, -0.25) is 29.5 Å². The molecule has 0 aromatic heterocycles. The van der Waals surface area contributed by atoms with Crippen LogP contribution in [0.1, 0.15) is 41.0 Å². The number of aryl methyl sites for hydroxylation is 1. The first-order valence-corrected chi connectivity index (χ1v) is 16.6. The Morgan fingerprint density at radius 3 is 2.22 bits per heavy atom. The summed E-state index contributed by atoms with van der Waals surface area (Å²) in [7, 11) is 0. The van der Waals surface area contributed by atoms with Crippen LogP contribution in [0.25, 0.3) is 0 Å². The highest BCUT2D eigenvalue weighted by molar-refractivity contribution is 6.13. The number of fused-ring (bicyclic) bond motifs is 4. The van der Waals surface area contributed by atoms with E-state index in [0.717, 1.165) is 22.2 Å². The molecule has 1 saturated carbocycles. The monoisotopic (exact) mass is 655 g/mol. The number of amides is 4. The first-order valence-electron chi connectivity index (χ1n) is 16.6. The molecule has 3 fully saturated rings. The van der Waals surface area contributed by atoms with Gasteiger partial charge < -0.3 is 5.11 Å². The van der Waals surface area contributed by atoms with Crippen LogP contribution in [0.4, 0.5) is 10.1 Å². The summed E-state index contributed by atoms with van der Waals surface area (Å²) in [6.45, 7) is 2.06. The van der Waals surface area contributed by atoms with Crippen molar-refractivity contribution in [2.75, 3.05) is 5.43 Å². The van der Waals surface area contributed by atoms with E-state index in [4.69, 9.17) is 0 Å². The summed E-state index contributed by atoms with van der Waals surface area (Å²) in [5, 5.41) is 12.4. The first-order chi connectivity index (χ1) is 23.7. The molecule has 4 amide bonds. The van der Waals surface area contributed by atoms with Gasteiger partial charge in [0, 0.05) is 11.5 Å². The summed E-state index contributed by atoms with van der Waals surface area (Å²) in [4.78, 5) is 59.2. The number of likely N-dealkylation sites (tertiary alicyclic amines) is 1. The number of nitrogens with one attached hydrogen (secondary N) is 1. The van der Waals surface area contributed by atoms with Crippen molar-refractivity contribution >= 4 is 29.3 Å². The number of carbonyl (C=O) groups is 4. The molecule has 4 aromatic rings. The zero-order valence-corrected chi connectivity index (χ0v) is 26.8. The Kier molecular flexibility index (Phi) is 7.24. The third kappa shape index (κ3) is 4.55. The Labute approximate surface area is 282 Å². The number of anilines is 1. The Bertz CT molecular complexity index is 2030. The molecule has 4 aliphatic rings. The lowest BCUT2D eigenvalue weighted by Crippen LogP contribution is -2.53. The fourth-order valence-electron chi connectivity index (χ4n) is 8.84. The summed E-state index contributed by atoms with van der Waals surface area (Å²) in [6.07, 6.45) is 2.25. The lowest BCUT2D eigenvalue weighted by Gasteiger charge is -2.50. The lowest BCUT2D eigenvalue weighted by molar-refractivity contribution is -0.142. The van der Waals surface area contributed by atoms with Crippen molar-refractivity contribution in [2.45, 2.75) is 37.6 Å². The molecule has 2 saturated heterocycles. The van der Waals surface area contributed by atoms with Crippen molar-refractivity contribution < 1.29 is 28.7 Å². The van der Waals surface area contributed by atoms with Crippen LogP contribution in [-0.4, -0.2) is 38.6 Å². The maximum absolute atomic E-state index is 15.2. The number of benzene rings is 4. The van der Waals surface area contributed by atoms with Crippen molar-refractivity contribution in [1.82, 2.24) is 9.91 Å². The van der Waals surface area contributed by atoms with E-state index >= 15 is 9.18 Å². The number of hydrazine groups is 1.